The highest BCUT2D eigenvalue weighted by Gasteiger charge is 2.22. The van der Waals surface area contributed by atoms with Crippen LogP contribution in [0, 0.1) is 5.92 Å². The Morgan fingerprint density at radius 3 is 2.64 bits per heavy atom. The quantitative estimate of drug-likeness (QED) is 0.718. The zero-order valence-corrected chi connectivity index (χ0v) is 8.48. The lowest BCUT2D eigenvalue weighted by atomic mass is 9.83. The highest BCUT2D eigenvalue weighted by Crippen LogP contribution is 2.32. The summed E-state index contributed by atoms with van der Waals surface area (Å²) in [5.41, 5.74) is 2.54. The molecule has 74 valence electrons. The standard InChI is InChI=1S/C13H16O/c1-10-12(8-5-9-13(10)14)11-6-3-2-4-7-11/h2-4,6-8,10,13-14H,5,9H2,1H3. The molecule has 0 heterocycles. The van der Waals surface area contributed by atoms with E-state index in [1.165, 1.54) is 11.1 Å². The number of rotatable bonds is 1. The number of hydrogen-bond acceptors (Lipinski definition) is 1. The monoisotopic (exact) mass is 188 g/mol. The molecule has 1 nitrogen and oxygen atoms in total. The van der Waals surface area contributed by atoms with E-state index in [0.29, 0.717) is 0 Å². The van der Waals surface area contributed by atoms with Crippen LogP contribution in [-0.4, -0.2) is 11.2 Å². The highest BCUT2D eigenvalue weighted by atomic mass is 16.3. The summed E-state index contributed by atoms with van der Waals surface area (Å²) in [6, 6.07) is 10.3. The van der Waals surface area contributed by atoms with Gasteiger partial charge in [0.25, 0.3) is 0 Å². The number of aliphatic hydroxyl groups excluding tert-OH is 1. The molecule has 1 N–H and O–H groups in total. The maximum atomic E-state index is 9.77. The van der Waals surface area contributed by atoms with E-state index in [-0.39, 0.29) is 12.0 Å². The summed E-state index contributed by atoms with van der Waals surface area (Å²) in [6.45, 7) is 2.10. The molecule has 1 aromatic carbocycles. The first-order valence-corrected chi connectivity index (χ1v) is 5.22. The summed E-state index contributed by atoms with van der Waals surface area (Å²) in [7, 11) is 0. The zero-order chi connectivity index (χ0) is 9.97. The van der Waals surface area contributed by atoms with E-state index in [1.54, 1.807) is 0 Å². The van der Waals surface area contributed by atoms with E-state index in [9.17, 15) is 5.11 Å². The van der Waals surface area contributed by atoms with Crippen molar-refractivity contribution in [1.82, 2.24) is 0 Å². The average molecular weight is 188 g/mol. The molecule has 1 heteroatoms. The minimum Gasteiger partial charge on any atom is -0.392 e. The molecule has 1 aliphatic carbocycles. The minimum atomic E-state index is -0.171. The van der Waals surface area contributed by atoms with Crippen molar-refractivity contribution in [2.24, 2.45) is 5.92 Å². The molecule has 0 bridgehead atoms. The molecule has 1 aliphatic rings. The Kier molecular flexibility index (Phi) is 2.69. The molecule has 0 amide bonds. The molecule has 2 unspecified atom stereocenters. The van der Waals surface area contributed by atoms with Crippen LogP contribution in [0.1, 0.15) is 25.3 Å². The Morgan fingerprint density at radius 1 is 1.21 bits per heavy atom. The van der Waals surface area contributed by atoms with Crippen molar-refractivity contribution in [3.63, 3.8) is 0 Å². The molecule has 0 saturated carbocycles. The third-order valence-electron chi connectivity index (χ3n) is 3.00. The fourth-order valence-electron chi connectivity index (χ4n) is 2.06. The van der Waals surface area contributed by atoms with E-state index in [1.807, 2.05) is 18.2 Å². The molecule has 0 radical (unpaired) electrons. The van der Waals surface area contributed by atoms with Gasteiger partial charge < -0.3 is 5.11 Å². The van der Waals surface area contributed by atoms with Crippen LogP contribution in [0.5, 0.6) is 0 Å². The van der Waals surface area contributed by atoms with E-state index in [0.717, 1.165) is 12.8 Å². The number of hydrogen-bond donors (Lipinski definition) is 1. The fourth-order valence-corrected chi connectivity index (χ4v) is 2.06. The molecular weight excluding hydrogens is 172 g/mol. The number of benzene rings is 1. The van der Waals surface area contributed by atoms with Gasteiger partial charge in [0.15, 0.2) is 0 Å². The Bertz CT molecular complexity index is 326. The summed E-state index contributed by atoms with van der Waals surface area (Å²) >= 11 is 0. The van der Waals surface area contributed by atoms with Gasteiger partial charge in [0, 0.05) is 5.92 Å². The van der Waals surface area contributed by atoms with Crippen LogP contribution in [-0.2, 0) is 0 Å². The third-order valence-corrected chi connectivity index (χ3v) is 3.00. The Balaban J connectivity index is 2.30. The maximum absolute atomic E-state index is 9.77. The van der Waals surface area contributed by atoms with Gasteiger partial charge in [-0.1, -0.05) is 43.3 Å². The van der Waals surface area contributed by atoms with Crippen molar-refractivity contribution >= 4 is 5.57 Å². The predicted molar refractivity (Wildman–Crippen MR) is 58.8 cm³/mol. The number of allylic oxidation sites excluding steroid dienone is 1. The van der Waals surface area contributed by atoms with Gasteiger partial charge in [0.1, 0.15) is 0 Å². The molecule has 0 aromatic heterocycles. The lowest BCUT2D eigenvalue weighted by Crippen LogP contribution is -2.21. The molecule has 0 fully saturated rings. The summed E-state index contributed by atoms with van der Waals surface area (Å²) < 4.78 is 0. The Labute approximate surface area is 85.1 Å². The Hall–Kier alpha value is -1.08. The number of aliphatic hydroxyl groups is 1. The van der Waals surface area contributed by atoms with Crippen LogP contribution in [0.3, 0.4) is 0 Å². The van der Waals surface area contributed by atoms with Crippen molar-refractivity contribution in [2.75, 3.05) is 0 Å². The van der Waals surface area contributed by atoms with Crippen molar-refractivity contribution in [1.29, 1.82) is 0 Å². The van der Waals surface area contributed by atoms with Crippen molar-refractivity contribution in [3.05, 3.63) is 42.0 Å². The smallest absolute Gasteiger partial charge is 0.0609 e. The lowest BCUT2D eigenvalue weighted by molar-refractivity contribution is 0.128. The average Bonchev–Trinajstić information content (AvgIpc) is 2.23. The van der Waals surface area contributed by atoms with Crippen LogP contribution in [0.25, 0.3) is 5.57 Å². The van der Waals surface area contributed by atoms with Gasteiger partial charge in [-0.15, -0.1) is 0 Å². The lowest BCUT2D eigenvalue weighted by Gasteiger charge is -2.26. The topological polar surface area (TPSA) is 20.2 Å². The normalized spacial score (nSPS) is 27.1. The van der Waals surface area contributed by atoms with Gasteiger partial charge in [-0.2, -0.15) is 0 Å². The summed E-state index contributed by atoms with van der Waals surface area (Å²) in [6.07, 6.45) is 3.98. The molecule has 1 aromatic rings. The van der Waals surface area contributed by atoms with Crippen LogP contribution in [0.15, 0.2) is 36.4 Å². The summed E-state index contributed by atoms with van der Waals surface area (Å²) in [4.78, 5) is 0. The first-order valence-electron chi connectivity index (χ1n) is 5.22. The van der Waals surface area contributed by atoms with Crippen molar-refractivity contribution in [2.45, 2.75) is 25.9 Å². The van der Waals surface area contributed by atoms with Crippen molar-refractivity contribution in [3.8, 4) is 0 Å². The molecule has 0 aliphatic heterocycles. The zero-order valence-electron chi connectivity index (χ0n) is 8.48. The van der Waals surface area contributed by atoms with E-state index in [4.69, 9.17) is 0 Å². The maximum Gasteiger partial charge on any atom is 0.0609 e. The van der Waals surface area contributed by atoms with E-state index >= 15 is 0 Å². The molecule has 2 rings (SSSR count). The van der Waals surface area contributed by atoms with Gasteiger partial charge in [0.05, 0.1) is 6.10 Å². The molecular formula is C13H16O. The molecule has 0 saturated heterocycles. The minimum absolute atomic E-state index is 0.171. The third kappa shape index (κ3) is 1.73. The van der Waals surface area contributed by atoms with Gasteiger partial charge in [-0.05, 0) is 24.0 Å². The predicted octanol–water partition coefficient (Wildman–Crippen LogP) is 2.86. The SMILES string of the molecule is CC1C(c2ccccc2)=CCCC1O. The van der Waals surface area contributed by atoms with Gasteiger partial charge in [-0.3, -0.25) is 0 Å². The van der Waals surface area contributed by atoms with E-state index in [2.05, 4.69) is 25.1 Å². The van der Waals surface area contributed by atoms with Crippen molar-refractivity contribution < 1.29 is 5.11 Å². The second kappa shape index (κ2) is 3.97. The van der Waals surface area contributed by atoms with Gasteiger partial charge >= 0.3 is 0 Å². The summed E-state index contributed by atoms with van der Waals surface area (Å²) in [5.74, 6) is 0.270. The van der Waals surface area contributed by atoms with Gasteiger partial charge in [0.2, 0.25) is 0 Å². The van der Waals surface area contributed by atoms with Crippen LogP contribution in [0.4, 0.5) is 0 Å². The second-order valence-corrected chi connectivity index (χ2v) is 3.96. The first kappa shape index (κ1) is 9.47. The fraction of sp³-hybridized carbons (Fsp3) is 0.385. The second-order valence-electron chi connectivity index (χ2n) is 3.96. The van der Waals surface area contributed by atoms with Crippen LogP contribution < -0.4 is 0 Å². The molecule has 0 spiro atoms. The summed E-state index contributed by atoms with van der Waals surface area (Å²) in [5, 5.41) is 9.77. The first-order chi connectivity index (χ1) is 6.79. The largest absolute Gasteiger partial charge is 0.392 e. The molecule has 14 heavy (non-hydrogen) atoms. The highest BCUT2D eigenvalue weighted by molar-refractivity contribution is 5.68. The van der Waals surface area contributed by atoms with Gasteiger partial charge in [-0.25, -0.2) is 0 Å². The van der Waals surface area contributed by atoms with Crippen LogP contribution in [0.2, 0.25) is 0 Å². The molecule has 2 atom stereocenters. The van der Waals surface area contributed by atoms with E-state index < -0.39 is 0 Å². The Morgan fingerprint density at radius 2 is 1.93 bits per heavy atom. The van der Waals surface area contributed by atoms with Crippen LogP contribution >= 0.6 is 0 Å².